The van der Waals surface area contributed by atoms with Gasteiger partial charge in [-0.3, -0.25) is 9.59 Å². The zero-order chi connectivity index (χ0) is 17.9. The van der Waals surface area contributed by atoms with Crippen molar-refractivity contribution in [2.45, 2.75) is 58.3 Å². The molecule has 0 atom stereocenters. The summed E-state index contributed by atoms with van der Waals surface area (Å²) in [6, 6.07) is 7.12. The number of benzene rings is 1. The number of rotatable bonds is 9. The highest BCUT2D eigenvalue weighted by molar-refractivity contribution is 5.90. The Labute approximate surface area is 150 Å². The molecule has 2 rings (SSSR count). The number of nitrogens with one attached hydrogen (secondary N) is 2. The van der Waals surface area contributed by atoms with Crippen LogP contribution in [0.3, 0.4) is 0 Å². The highest BCUT2D eigenvalue weighted by atomic mass is 16.5. The summed E-state index contributed by atoms with van der Waals surface area (Å²) in [6.07, 6.45) is 9.45. The monoisotopic (exact) mass is 346 g/mol. The van der Waals surface area contributed by atoms with Gasteiger partial charge in [0.1, 0.15) is 5.75 Å². The van der Waals surface area contributed by atoms with Crippen LogP contribution >= 0.6 is 0 Å². The number of carbonyl (C=O) groups is 2. The first-order valence-corrected chi connectivity index (χ1v) is 9.46. The van der Waals surface area contributed by atoms with Crippen molar-refractivity contribution < 1.29 is 14.3 Å². The van der Waals surface area contributed by atoms with Gasteiger partial charge in [-0.2, -0.15) is 0 Å². The third-order valence-corrected chi connectivity index (χ3v) is 4.62. The molecule has 2 amide bonds. The predicted octanol–water partition coefficient (Wildman–Crippen LogP) is 3.89. The standard InChI is InChI=1S/C20H30N2O3/c1-2-21-20(24)15-25-18-13-11-17(12-14-18)22-19(23)10-6-9-16-7-4-3-5-8-16/h11-14,16H,2-10,15H2,1H3,(H,21,24)(H,22,23). The first kappa shape index (κ1) is 19.3. The van der Waals surface area contributed by atoms with Crippen LogP contribution in [-0.4, -0.2) is 25.0 Å². The first-order chi connectivity index (χ1) is 12.2. The van der Waals surface area contributed by atoms with Gasteiger partial charge in [-0.15, -0.1) is 0 Å². The van der Waals surface area contributed by atoms with Crippen molar-refractivity contribution in [3.63, 3.8) is 0 Å². The van der Waals surface area contributed by atoms with E-state index in [2.05, 4.69) is 10.6 Å². The summed E-state index contributed by atoms with van der Waals surface area (Å²) in [5.41, 5.74) is 0.757. The average Bonchev–Trinajstić information content (AvgIpc) is 2.62. The fourth-order valence-corrected chi connectivity index (χ4v) is 3.28. The van der Waals surface area contributed by atoms with Crippen molar-refractivity contribution in [2.24, 2.45) is 5.92 Å². The lowest BCUT2D eigenvalue weighted by molar-refractivity contribution is -0.123. The van der Waals surface area contributed by atoms with Gasteiger partial charge in [0, 0.05) is 18.7 Å². The molecule has 1 saturated carbocycles. The zero-order valence-corrected chi connectivity index (χ0v) is 15.2. The second-order valence-electron chi connectivity index (χ2n) is 6.71. The highest BCUT2D eigenvalue weighted by Gasteiger charge is 2.13. The molecule has 1 aliphatic carbocycles. The Morgan fingerprint density at radius 2 is 1.80 bits per heavy atom. The Balaban J connectivity index is 1.65. The smallest absolute Gasteiger partial charge is 0.257 e. The summed E-state index contributed by atoms with van der Waals surface area (Å²) < 4.78 is 5.39. The van der Waals surface area contributed by atoms with Gasteiger partial charge in [-0.05, 0) is 49.9 Å². The molecule has 1 fully saturated rings. The predicted molar refractivity (Wildman–Crippen MR) is 99.7 cm³/mol. The topological polar surface area (TPSA) is 67.4 Å². The molecule has 2 N–H and O–H groups in total. The molecule has 0 radical (unpaired) electrons. The molecule has 0 aromatic heterocycles. The largest absolute Gasteiger partial charge is 0.484 e. The van der Waals surface area contributed by atoms with E-state index >= 15 is 0 Å². The van der Waals surface area contributed by atoms with E-state index in [0.29, 0.717) is 18.7 Å². The number of amides is 2. The van der Waals surface area contributed by atoms with E-state index in [-0.39, 0.29) is 18.4 Å². The lowest BCUT2D eigenvalue weighted by Gasteiger charge is -2.21. The number of anilines is 1. The Morgan fingerprint density at radius 3 is 2.48 bits per heavy atom. The van der Waals surface area contributed by atoms with E-state index in [1.807, 2.05) is 6.92 Å². The van der Waals surface area contributed by atoms with Gasteiger partial charge in [-0.1, -0.05) is 32.1 Å². The molecule has 0 heterocycles. The van der Waals surface area contributed by atoms with Crippen molar-refractivity contribution in [3.8, 4) is 5.75 Å². The number of hydrogen-bond acceptors (Lipinski definition) is 3. The van der Waals surface area contributed by atoms with Crippen LogP contribution in [0.5, 0.6) is 5.75 Å². The van der Waals surface area contributed by atoms with Crippen LogP contribution in [0.4, 0.5) is 5.69 Å². The van der Waals surface area contributed by atoms with Crippen LogP contribution in [0.25, 0.3) is 0 Å². The molecule has 5 nitrogen and oxygen atoms in total. The van der Waals surface area contributed by atoms with Crippen LogP contribution in [0, 0.1) is 5.92 Å². The Kier molecular flexibility index (Phi) is 8.29. The number of carbonyl (C=O) groups excluding carboxylic acids is 2. The second-order valence-corrected chi connectivity index (χ2v) is 6.71. The minimum atomic E-state index is -0.141. The molecular weight excluding hydrogens is 316 g/mol. The Bertz CT molecular complexity index is 536. The molecule has 0 unspecified atom stereocenters. The summed E-state index contributed by atoms with van der Waals surface area (Å²) in [4.78, 5) is 23.4. The number of ether oxygens (including phenoxy) is 1. The van der Waals surface area contributed by atoms with E-state index in [4.69, 9.17) is 4.74 Å². The van der Waals surface area contributed by atoms with Crippen molar-refractivity contribution in [2.75, 3.05) is 18.5 Å². The van der Waals surface area contributed by atoms with Gasteiger partial charge in [0.05, 0.1) is 0 Å². The summed E-state index contributed by atoms with van der Waals surface area (Å²) in [6.45, 7) is 2.46. The number of likely N-dealkylation sites (N-methyl/N-ethyl adjacent to an activating group) is 1. The fraction of sp³-hybridized carbons (Fsp3) is 0.600. The summed E-state index contributed by atoms with van der Waals surface area (Å²) in [5.74, 6) is 1.36. The highest BCUT2D eigenvalue weighted by Crippen LogP contribution is 2.27. The molecule has 0 aliphatic heterocycles. The third kappa shape index (κ3) is 7.59. The second kappa shape index (κ2) is 10.7. The molecule has 0 saturated heterocycles. The van der Waals surface area contributed by atoms with Crippen LogP contribution in [0.15, 0.2) is 24.3 Å². The third-order valence-electron chi connectivity index (χ3n) is 4.62. The van der Waals surface area contributed by atoms with Crippen LogP contribution in [0.1, 0.15) is 58.3 Å². The van der Waals surface area contributed by atoms with E-state index in [0.717, 1.165) is 18.0 Å². The Hall–Kier alpha value is -2.04. The van der Waals surface area contributed by atoms with Gasteiger partial charge in [-0.25, -0.2) is 0 Å². The maximum absolute atomic E-state index is 12.0. The SMILES string of the molecule is CCNC(=O)COc1ccc(NC(=O)CCCC2CCCCC2)cc1. The minimum Gasteiger partial charge on any atom is -0.484 e. The minimum absolute atomic E-state index is 0.000707. The summed E-state index contributed by atoms with van der Waals surface area (Å²) >= 11 is 0. The molecule has 0 spiro atoms. The van der Waals surface area contributed by atoms with Gasteiger partial charge in [0.2, 0.25) is 5.91 Å². The van der Waals surface area contributed by atoms with Crippen molar-refractivity contribution in [1.82, 2.24) is 5.32 Å². The molecular formula is C20H30N2O3. The quantitative estimate of drug-likeness (QED) is 0.713. The zero-order valence-electron chi connectivity index (χ0n) is 15.2. The van der Waals surface area contributed by atoms with E-state index < -0.39 is 0 Å². The van der Waals surface area contributed by atoms with Gasteiger partial charge >= 0.3 is 0 Å². The van der Waals surface area contributed by atoms with Crippen molar-refractivity contribution in [3.05, 3.63) is 24.3 Å². The van der Waals surface area contributed by atoms with Crippen LogP contribution in [-0.2, 0) is 9.59 Å². The van der Waals surface area contributed by atoms with E-state index in [1.54, 1.807) is 24.3 Å². The van der Waals surface area contributed by atoms with Gasteiger partial charge in [0.15, 0.2) is 6.61 Å². The maximum atomic E-state index is 12.0. The fourth-order valence-electron chi connectivity index (χ4n) is 3.28. The molecule has 0 bridgehead atoms. The molecule has 25 heavy (non-hydrogen) atoms. The molecule has 1 aromatic carbocycles. The van der Waals surface area contributed by atoms with E-state index in [1.165, 1.54) is 38.5 Å². The van der Waals surface area contributed by atoms with Gasteiger partial charge < -0.3 is 15.4 Å². The van der Waals surface area contributed by atoms with Crippen molar-refractivity contribution >= 4 is 17.5 Å². The number of hydrogen-bond donors (Lipinski definition) is 2. The first-order valence-electron chi connectivity index (χ1n) is 9.46. The lowest BCUT2D eigenvalue weighted by atomic mass is 9.86. The summed E-state index contributed by atoms with van der Waals surface area (Å²) in [7, 11) is 0. The molecule has 5 heteroatoms. The summed E-state index contributed by atoms with van der Waals surface area (Å²) in [5, 5.41) is 5.59. The van der Waals surface area contributed by atoms with Crippen LogP contribution in [0.2, 0.25) is 0 Å². The van der Waals surface area contributed by atoms with Crippen molar-refractivity contribution in [1.29, 1.82) is 0 Å². The average molecular weight is 346 g/mol. The molecule has 1 aromatic rings. The lowest BCUT2D eigenvalue weighted by Crippen LogP contribution is -2.28. The molecule has 138 valence electrons. The Morgan fingerprint density at radius 1 is 1.08 bits per heavy atom. The normalized spacial score (nSPS) is 14.8. The maximum Gasteiger partial charge on any atom is 0.257 e. The molecule has 1 aliphatic rings. The van der Waals surface area contributed by atoms with E-state index in [9.17, 15) is 9.59 Å². The van der Waals surface area contributed by atoms with Crippen LogP contribution < -0.4 is 15.4 Å². The van der Waals surface area contributed by atoms with Gasteiger partial charge in [0.25, 0.3) is 5.91 Å².